The zero-order valence-corrected chi connectivity index (χ0v) is 22.3. The Morgan fingerprint density at radius 3 is 2.83 bits per heavy atom. The van der Waals surface area contributed by atoms with Gasteiger partial charge >= 0.3 is 0 Å². The van der Waals surface area contributed by atoms with Crippen LogP contribution >= 0.6 is 11.6 Å². The highest BCUT2D eigenvalue weighted by Gasteiger charge is 2.37. The van der Waals surface area contributed by atoms with Crippen molar-refractivity contribution in [1.82, 2.24) is 14.4 Å². The molecule has 1 aliphatic carbocycles. The van der Waals surface area contributed by atoms with Gasteiger partial charge in [-0.2, -0.15) is 0 Å². The molecule has 0 aliphatic heterocycles. The number of amides is 1. The number of nitrogen functional groups attached to an aromatic ring is 1. The van der Waals surface area contributed by atoms with E-state index in [0.717, 1.165) is 6.42 Å². The molecule has 8 nitrogen and oxygen atoms in total. The van der Waals surface area contributed by atoms with Crippen LogP contribution in [0, 0.1) is 18.7 Å². The van der Waals surface area contributed by atoms with Crippen LogP contribution in [0.2, 0.25) is 5.02 Å². The average Bonchev–Trinajstić information content (AvgIpc) is 3.37. The van der Waals surface area contributed by atoms with Crippen LogP contribution in [0.25, 0.3) is 5.52 Å². The summed E-state index contributed by atoms with van der Waals surface area (Å²) < 4.78 is 23.2. The Bertz CT molecular complexity index is 1360. The summed E-state index contributed by atoms with van der Waals surface area (Å²) in [5, 5.41) is 8.73. The second-order valence-electron chi connectivity index (χ2n) is 9.51. The Balaban J connectivity index is 1.91. The minimum Gasteiger partial charge on any atom is -0.490 e. The number of nitrogens with zero attached hydrogens (tertiary/aromatic N) is 4. The number of aliphatic imine (C=N–C) groups is 1. The number of aliphatic hydroxyl groups is 1. The predicted molar refractivity (Wildman–Crippen MR) is 138 cm³/mol. The third-order valence-electron chi connectivity index (χ3n) is 6.40. The summed E-state index contributed by atoms with van der Waals surface area (Å²) in [4.78, 5) is 26.1. The molecule has 1 saturated carbocycles. The van der Waals surface area contributed by atoms with Crippen molar-refractivity contribution in [2.75, 3.05) is 5.73 Å². The second-order valence-corrected chi connectivity index (χ2v) is 10.9. The summed E-state index contributed by atoms with van der Waals surface area (Å²) in [6.45, 7) is 7.16. The number of carbonyl (C=O) groups excluding carboxylic acids is 1. The van der Waals surface area contributed by atoms with E-state index in [9.17, 15) is 9.90 Å². The van der Waals surface area contributed by atoms with E-state index in [0.29, 0.717) is 41.3 Å². The lowest BCUT2D eigenvalue weighted by Crippen LogP contribution is -2.29. The van der Waals surface area contributed by atoms with Crippen LogP contribution in [0.5, 0.6) is 5.75 Å². The number of ether oxygens (including phenoxy) is 1. The van der Waals surface area contributed by atoms with Crippen molar-refractivity contribution < 1.29 is 19.0 Å². The molecular formula is C25H28ClFN5O3Si. The molecule has 3 radical (unpaired) electrons. The highest BCUT2D eigenvalue weighted by Crippen LogP contribution is 2.42. The van der Waals surface area contributed by atoms with Crippen molar-refractivity contribution in [2.24, 2.45) is 10.9 Å². The molecule has 1 aliphatic rings. The molecule has 3 atom stereocenters. The first kappa shape index (κ1) is 26.2. The zero-order valence-electron chi connectivity index (χ0n) is 20.5. The van der Waals surface area contributed by atoms with Crippen LogP contribution in [-0.4, -0.2) is 54.0 Å². The molecule has 1 amide bonds. The zero-order chi connectivity index (χ0) is 26.4. The number of anilines is 1. The van der Waals surface area contributed by atoms with E-state index in [1.165, 1.54) is 12.3 Å². The second kappa shape index (κ2) is 9.91. The van der Waals surface area contributed by atoms with Crippen molar-refractivity contribution in [1.29, 1.82) is 0 Å². The van der Waals surface area contributed by atoms with Crippen molar-refractivity contribution in [3.05, 3.63) is 51.9 Å². The van der Waals surface area contributed by atoms with E-state index in [1.54, 1.807) is 37.6 Å². The molecule has 3 N–H and O–H groups in total. The van der Waals surface area contributed by atoms with Gasteiger partial charge in [0.25, 0.3) is 5.91 Å². The van der Waals surface area contributed by atoms with Gasteiger partial charge in [-0.05, 0) is 39.7 Å². The van der Waals surface area contributed by atoms with Gasteiger partial charge in [-0.1, -0.05) is 24.9 Å². The van der Waals surface area contributed by atoms with Gasteiger partial charge in [-0.3, -0.25) is 9.20 Å². The molecule has 3 aromatic rings. The minimum absolute atomic E-state index is 0.00921. The lowest BCUT2D eigenvalue weighted by molar-refractivity contribution is 0.0991. The van der Waals surface area contributed by atoms with Crippen molar-refractivity contribution in [3.8, 4) is 5.75 Å². The van der Waals surface area contributed by atoms with E-state index >= 15 is 4.39 Å². The third-order valence-corrected chi connectivity index (χ3v) is 7.17. The molecule has 0 spiro atoms. The first-order chi connectivity index (χ1) is 16.9. The lowest BCUT2D eigenvalue weighted by Gasteiger charge is -2.29. The van der Waals surface area contributed by atoms with Gasteiger partial charge in [0.2, 0.25) is 0 Å². The molecule has 11 heteroatoms. The van der Waals surface area contributed by atoms with Gasteiger partial charge in [0.1, 0.15) is 28.5 Å². The minimum atomic E-state index is -1.09. The normalized spacial score (nSPS) is 19.9. The van der Waals surface area contributed by atoms with Crippen LogP contribution in [0.4, 0.5) is 10.2 Å². The van der Waals surface area contributed by atoms with Gasteiger partial charge in [0.15, 0.2) is 5.82 Å². The highest BCUT2D eigenvalue weighted by molar-refractivity contribution is 6.31. The first-order valence-corrected chi connectivity index (χ1v) is 12.6. The maximum Gasteiger partial charge on any atom is 0.283 e. The van der Waals surface area contributed by atoms with Gasteiger partial charge in [0.05, 0.1) is 22.9 Å². The van der Waals surface area contributed by atoms with Gasteiger partial charge in [-0.15, -0.1) is 0 Å². The molecule has 2 aromatic heterocycles. The van der Waals surface area contributed by atoms with Crippen LogP contribution in [0.15, 0.2) is 23.5 Å². The first-order valence-electron chi connectivity index (χ1n) is 11.7. The molecule has 1 unspecified atom stereocenters. The fourth-order valence-corrected chi connectivity index (χ4v) is 5.18. The molecule has 2 heterocycles. The third kappa shape index (κ3) is 4.65. The number of halogens is 2. The summed E-state index contributed by atoms with van der Waals surface area (Å²) in [5.74, 6) is -1.20. The van der Waals surface area contributed by atoms with Gasteiger partial charge in [0, 0.05) is 45.4 Å². The SMILES string of the molecule is Cc1nc([C@@](C)([Si])c2cc(Cl)c(F)c(C(=O)N=CC3CCC[C@H]3O)c2OC(C)C)n2ccnc(N)c12. The largest absolute Gasteiger partial charge is 0.490 e. The Morgan fingerprint density at radius 2 is 2.19 bits per heavy atom. The summed E-state index contributed by atoms with van der Waals surface area (Å²) in [6.07, 6.45) is 5.89. The molecule has 4 rings (SSSR count). The Kier molecular flexibility index (Phi) is 7.23. The quantitative estimate of drug-likeness (QED) is 0.369. The number of imidazole rings is 1. The van der Waals surface area contributed by atoms with E-state index in [4.69, 9.17) is 27.1 Å². The number of carbonyl (C=O) groups is 1. The monoisotopic (exact) mass is 528 g/mol. The van der Waals surface area contributed by atoms with Crippen molar-refractivity contribution in [3.63, 3.8) is 0 Å². The predicted octanol–water partition coefficient (Wildman–Crippen LogP) is 4.00. The van der Waals surface area contributed by atoms with E-state index in [2.05, 4.69) is 20.2 Å². The van der Waals surface area contributed by atoms with Gasteiger partial charge < -0.3 is 15.6 Å². The molecule has 1 aromatic carbocycles. The number of nitrogens with two attached hydrogens (primary N) is 1. The molecule has 0 saturated heterocycles. The van der Waals surface area contributed by atoms with E-state index < -0.39 is 29.0 Å². The number of hydrogen-bond acceptors (Lipinski definition) is 6. The maximum absolute atomic E-state index is 15.4. The number of aromatic nitrogens is 3. The standard InChI is InChI=1S/C25H28ClFN5O3Si/c1-12(2)35-21-15(25(4,36)24-31-13(3)20-22(28)29-8-9-32(20)24)10-16(26)19(27)18(21)23(34)30-11-14-6-5-7-17(14)33/h8-12,14,17,33H,5-7H2,1-4H3,(H2,28,29)/t14?,17-,25+/m1/s1. The molecule has 36 heavy (non-hydrogen) atoms. The number of aryl methyl sites for hydroxylation is 1. The summed E-state index contributed by atoms with van der Waals surface area (Å²) in [6, 6.07) is 1.42. The molecule has 0 bridgehead atoms. The fourth-order valence-electron chi connectivity index (χ4n) is 4.62. The highest BCUT2D eigenvalue weighted by atomic mass is 35.5. The van der Waals surface area contributed by atoms with E-state index in [-0.39, 0.29) is 22.3 Å². The topological polar surface area (TPSA) is 115 Å². The molecule has 189 valence electrons. The van der Waals surface area contributed by atoms with Crippen LogP contribution in [0.3, 0.4) is 0 Å². The number of rotatable bonds is 6. The lowest BCUT2D eigenvalue weighted by atomic mass is 9.94. The Labute approximate surface area is 217 Å². The summed E-state index contributed by atoms with van der Waals surface area (Å²) in [7, 11) is 3.82. The smallest absolute Gasteiger partial charge is 0.283 e. The van der Waals surface area contributed by atoms with Crippen LogP contribution in [0.1, 0.15) is 67.5 Å². The summed E-state index contributed by atoms with van der Waals surface area (Å²) in [5.41, 5.74) is 7.38. The van der Waals surface area contributed by atoms with Crippen LogP contribution in [-0.2, 0) is 5.04 Å². The number of fused-ring (bicyclic) bond motifs is 1. The van der Waals surface area contributed by atoms with Crippen molar-refractivity contribution in [2.45, 2.75) is 64.2 Å². The Hall–Kier alpha value is -2.82. The number of hydrogen-bond donors (Lipinski definition) is 2. The number of benzene rings is 1. The summed E-state index contributed by atoms with van der Waals surface area (Å²) >= 11 is 6.31. The fraction of sp³-hybridized carbons (Fsp3) is 0.440. The van der Waals surface area contributed by atoms with E-state index in [1.807, 2.05) is 6.92 Å². The Morgan fingerprint density at radius 1 is 1.47 bits per heavy atom. The number of aliphatic hydroxyl groups excluding tert-OH is 1. The maximum atomic E-state index is 15.4. The molecule has 1 fully saturated rings. The van der Waals surface area contributed by atoms with Crippen LogP contribution < -0.4 is 10.5 Å². The molecular weight excluding hydrogens is 501 g/mol. The average molecular weight is 529 g/mol. The van der Waals surface area contributed by atoms with Crippen molar-refractivity contribution >= 4 is 45.3 Å². The van der Waals surface area contributed by atoms with Gasteiger partial charge in [-0.25, -0.2) is 19.4 Å².